The van der Waals surface area contributed by atoms with Crippen molar-refractivity contribution in [3.8, 4) is 0 Å². The van der Waals surface area contributed by atoms with E-state index in [1.165, 1.54) is 17.0 Å². The fraction of sp³-hybridized carbons (Fsp3) is 0.286. The van der Waals surface area contributed by atoms with Crippen LogP contribution in [0.25, 0.3) is 0 Å². The molecule has 2 rings (SSSR count). The average molecular weight is 391 g/mol. The fourth-order valence-corrected chi connectivity index (χ4v) is 3.27. The Morgan fingerprint density at radius 1 is 1.44 bits per heavy atom. The number of hydrogen-bond donors (Lipinski definition) is 3. The fourth-order valence-electron chi connectivity index (χ4n) is 2.27. The first-order chi connectivity index (χ1) is 11.7. The van der Waals surface area contributed by atoms with Crippen LogP contribution in [0.15, 0.2) is 34.4 Å². The van der Waals surface area contributed by atoms with Crippen LogP contribution in [0.3, 0.4) is 0 Å². The summed E-state index contributed by atoms with van der Waals surface area (Å²) in [6.07, 6.45) is 0. The van der Waals surface area contributed by atoms with E-state index in [4.69, 9.17) is 21.3 Å². The highest BCUT2D eigenvalue weighted by atomic mass is 35.5. The van der Waals surface area contributed by atoms with E-state index in [9.17, 15) is 18.0 Å². The van der Waals surface area contributed by atoms with Crippen molar-refractivity contribution in [1.29, 1.82) is 0 Å². The molecule has 25 heavy (non-hydrogen) atoms. The molecule has 0 atom stereocenters. The number of carbonyl (C=O) groups is 2. The van der Waals surface area contributed by atoms with Gasteiger partial charge in [-0.15, -0.1) is 0 Å². The van der Waals surface area contributed by atoms with Crippen LogP contribution in [0, 0.1) is 0 Å². The summed E-state index contributed by atoms with van der Waals surface area (Å²) in [6.45, 7) is -0.337. The van der Waals surface area contributed by atoms with Crippen molar-refractivity contribution >= 4 is 39.3 Å². The summed E-state index contributed by atoms with van der Waals surface area (Å²) in [6, 6.07) is 3.62. The van der Waals surface area contributed by atoms with E-state index in [0.29, 0.717) is 0 Å². The highest BCUT2D eigenvalue weighted by Gasteiger charge is 2.34. The Morgan fingerprint density at radius 2 is 2.12 bits per heavy atom. The number of halogens is 1. The van der Waals surface area contributed by atoms with Gasteiger partial charge in [0.05, 0.1) is 30.9 Å². The minimum atomic E-state index is -4.57. The van der Waals surface area contributed by atoms with Crippen LogP contribution in [-0.4, -0.2) is 61.7 Å². The smallest absolute Gasteiger partial charge is 0.337 e. The number of esters is 1. The number of nitrogens with one attached hydrogen (secondary N) is 1. The van der Waals surface area contributed by atoms with Crippen LogP contribution in [0.1, 0.15) is 0 Å². The van der Waals surface area contributed by atoms with Gasteiger partial charge in [0.15, 0.2) is 0 Å². The number of nitrogens with zero attached hydrogens (tertiary/aromatic N) is 1. The molecule has 0 bridgehead atoms. The third-order valence-electron chi connectivity index (χ3n) is 3.43. The standard InChI is InChI=1S/C14H15ClN2O7S/c1-24-14(20)9-7-17(4-5-18)13(19)12(9)16-8-2-3-10(15)11(6-8)25(21,22)23/h2-3,6,16,18H,4-5,7H2,1H3,(H,21,22,23). The van der Waals surface area contributed by atoms with Gasteiger partial charge in [0.25, 0.3) is 16.0 Å². The molecular formula is C14H15ClN2O7S. The molecule has 0 fully saturated rings. The van der Waals surface area contributed by atoms with Crippen molar-refractivity contribution in [1.82, 2.24) is 4.90 Å². The first-order valence-electron chi connectivity index (χ1n) is 6.94. The van der Waals surface area contributed by atoms with E-state index in [1.807, 2.05) is 0 Å². The summed E-state index contributed by atoms with van der Waals surface area (Å²) in [5.41, 5.74) is 0.0424. The first-order valence-corrected chi connectivity index (χ1v) is 8.76. The zero-order valence-electron chi connectivity index (χ0n) is 13.0. The molecule has 0 radical (unpaired) electrons. The Bertz CT molecular complexity index is 851. The number of β-amino-alcohol motifs (C(OH)–C–C–N with tert-alkyl or cyclic N) is 1. The number of ether oxygens (including phenoxy) is 1. The quantitative estimate of drug-likeness (QED) is 0.465. The molecule has 0 saturated heterocycles. The van der Waals surface area contributed by atoms with Gasteiger partial charge in [0.1, 0.15) is 10.6 Å². The van der Waals surface area contributed by atoms with Crippen molar-refractivity contribution in [3.63, 3.8) is 0 Å². The number of benzene rings is 1. The van der Waals surface area contributed by atoms with Crippen molar-refractivity contribution < 1.29 is 32.4 Å². The molecule has 1 amide bonds. The molecule has 1 heterocycles. The Labute approximate surface area is 148 Å². The number of rotatable bonds is 6. The van der Waals surface area contributed by atoms with Gasteiger partial charge < -0.3 is 20.1 Å². The lowest BCUT2D eigenvalue weighted by atomic mass is 10.2. The summed E-state index contributed by atoms with van der Waals surface area (Å²) < 4.78 is 36.4. The second-order valence-electron chi connectivity index (χ2n) is 5.04. The van der Waals surface area contributed by atoms with Crippen molar-refractivity contribution in [2.75, 3.05) is 32.1 Å². The van der Waals surface area contributed by atoms with Crippen molar-refractivity contribution in [2.45, 2.75) is 4.90 Å². The minimum absolute atomic E-state index is 0.0153. The molecular weight excluding hydrogens is 376 g/mol. The van der Waals surface area contributed by atoms with Gasteiger partial charge >= 0.3 is 5.97 Å². The van der Waals surface area contributed by atoms with Crippen molar-refractivity contribution in [3.05, 3.63) is 34.5 Å². The molecule has 0 aromatic heterocycles. The Morgan fingerprint density at radius 3 is 2.68 bits per heavy atom. The highest BCUT2D eigenvalue weighted by molar-refractivity contribution is 7.86. The second kappa shape index (κ2) is 7.40. The largest absolute Gasteiger partial charge is 0.466 e. The van der Waals surface area contributed by atoms with E-state index in [-0.39, 0.29) is 41.7 Å². The zero-order chi connectivity index (χ0) is 18.8. The SMILES string of the molecule is COC(=O)C1=C(Nc2ccc(Cl)c(S(=O)(=O)O)c2)C(=O)N(CCO)C1. The summed E-state index contributed by atoms with van der Waals surface area (Å²) in [4.78, 5) is 24.9. The Balaban J connectivity index is 2.42. The van der Waals surface area contributed by atoms with Gasteiger partial charge in [-0.05, 0) is 18.2 Å². The van der Waals surface area contributed by atoms with Crippen LogP contribution in [0.2, 0.25) is 5.02 Å². The predicted molar refractivity (Wildman–Crippen MR) is 87.6 cm³/mol. The molecule has 3 N–H and O–H groups in total. The van der Waals surface area contributed by atoms with Crippen LogP contribution < -0.4 is 5.32 Å². The molecule has 1 aromatic carbocycles. The van der Waals surface area contributed by atoms with Gasteiger partial charge in [-0.1, -0.05) is 11.6 Å². The normalized spacial score (nSPS) is 14.9. The van der Waals surface area contributed by atoms with Gasteiger partial charge in [-0.25, -0.2) is 4.79 Å². The summed E-state index contributed by atoms with van der Waals surface area (Å²) >= 11 is 5.74. The maximum absolute atomic E-state index is 12.4. The van der Waals surface area contributed by atoms with Gasteiger partial charge in [-0.2, -0.15) is 8.42 Å². The van der Waals surface area contributed by atoms with Crippen LogP contribution in [-0.2, 0) is 24.4 Å². The molecule has 136 valence electrons. The maximum Gasteiger partial charge on any atom is 0.337 e. The molecule has 0 spiro atoms. The second-order valence-corrected chi connectivity index (χ2v) is 6.84. The van der Waals surface area contributed by atoms with Crippen LogP contribution in [0.5, 0.6) is 0 Å². The third kappa shape index (κ3) is 4.10. The average Bonchev–Trinajstić information content (AvgIpc) is 2.84. The number of carbonyl (C=O) groups excluding carboxylic acids is 2. The number of anilines is 1. The lowest BCUT2D eigenvalue weighted by molar-refractivity contribution is -0.136. The van der Waals surface area contributed by atoms with E-state index in [1.54, 1.807) is 0 Å². The molecule has 1 aliphatic heterocycles. The minimum Gasteiger partial charge on any atom is -0.466 e. The highest BCUT2D eigenvalue weighted by Crippen LogP contribution is 2.28. The number of hydrogen-bond acceptors (Lipinski definition) is 7. The summed E-state index contributed by atoms with van der Waals surface area (Å²) in [7, 11) is -3.41. The molecule has 0 aliphatic carbocycles. The molecule has 1 aliphatic rings. The van der Waals surface area contributed by atoms with Gasteiger partial charge in [0, 0.05) is 12.2 Å². The molecule has 11 heteroatoms. The summed E-state index contributed by atoms with van der Waals surface area (Å²) in [5.74, 6) is -1.29. The lowest BCUT2D eigenvalue weighted by Crippen LogP contribution is -2.31. The predicted octanol–water partition coefficient (Wildman–Crippen LogP) is 0.260. The topological polar surface area (TPSA) is 133 Å². The molecule has 9 nitrogen and oxygen atoms in total. The number of amides is 1. The lowest BCUT2D eigenvalue weighted by Gasteiger charge is -2.15. The van der Waals surface area contributed by atoms with Crippen LogP contribution >= 0.6 is 11.6 Å². The number of methoxy groups -OCH3 is 1. The zero-order valence-corrected chi connectivity index (χ0v) is 14.6. The van der Waals surface area contributed by atoms with E-state index in [2.05, 4.69) is 10.1 Å². The van der Waals surface area contributed by atoms with E-state index in [0.717, 1.165) is 13.2 Å². The van der Waals surface area contributed by atoms with E-state index >= 15 is 0 Å². The van der Waals surface area contributed by atoms with E-state index < -0.39 is 26.9 Å². The number of aliphatic hydroxyl groups excluding tert-OH is 1. The molecule has 0 saturated carbocycles. The Hall–Kier alpha value is -2.14. The van der Waals surface area contributed by atoms with Gasteiger partial charge in [-0.3, -0.25) is 9.35 Å². The monoisotopic (exact) mass is 390 g/mol. The van der Waals surface area contributed by atoms with Gasteiger partial charge in [0.2, 0.25) is 0 Å². The number of aliphatic hydroxyl groups is 1. The third-order valence-corrected chi connectivity index (χ3v) is 4.77. The van der Waals surface area contributed by atoms with Crippen molar-refractivity contribution in [2.24, 2.45) is 0 Å². The maximum atomic E-state index is 12.4. The molecule has 1 aromatic rings. The first kappa shape index (κ1) is 19.2. The Kier molecular flexibility index (Phi) is 5.68. The van der Waals surface area contributed by atoms with Crippen LogP contribution in [0.4, 0.5) is 5.69 Å². The summed E-state index contributed by atoms with van der Waals surface area (Å²) in [5, 5.41) is 11.5. The molecule has 0 unspecified atom stereocenters.